The number of furan rings is 1. The summed E-state index contributed by atoms with van der Waals surface area (Å²) >= 11 is 0. The SMILES string of the molecule is O=C(Nc1cncc(-c2ccc3[nH]nc(-c4nc5c(-c6ccoc6)ccnc5[nH]4)c3c2F)c1)c1ccccc1. The lowest BCUT2D eigenvalue weighted by Crippen LogP contribution is -2.11. The largest absolute Gasteiger partial charge is 0.472 e. The first-order chi connectivity index (χ1) is 19.2. The van der Waals surface area contributed by atoms with E-state index in [1.165, 1.54) is 6.20 Å². The third kappa shape index (κ3) is 3.91. The third-order valence-corrected chi connectivity index (χ3v) is 6.45. The molecule has 2 aromatic carbocycles. The highest BCUT2D eigenvalue weighted by atomic mass is 19.1. The van der Waals surface area contributed by atoms with Gasteiger partial charge in [-0.1, -0.05) is 18.2 Å². The average molecular weight is 516 g/mol. The Morgan fingerprint density at radius 3 is 2.72 bits per heavy atom. The zero-order valence-electron chi connectivity index (χ0n) is 20.1. The molecule has 10 heteroatoms. The molecule has 0 aliphatic rings. The Labute approximate surface area is 219 Å². The molecule has 0 aliphatic heterocycles. The van der Waals surface area contributed by atoms with Gasteiger partial charge in [-0.15, -0.1) is 0 Å². The minimum absolute atomic E-state index is 0.273. The maximum absolute atomic E-state index is 16.1. The van der Waals surface area contributed by atoms with Crippen LogP contribution in [0.5, 0.6) is 0 Å². The van der Waals surface area contributed by atoms with Crippen molar-refractivity contribution in [2.75, 3.05) is 5.32 Å². The Balaban J connectivity index is 1.29. The van der Waals surface area contributed by atoms with E-state index in [1.54, 1.807) is 67.4 Å². The van der Waals surface area contributed by atoms with Gasteiger partial charge in [-0.2, -0.15) is 5.10 Å². The smallest absolute Gasteiger partial charge is 0.255 e. The first kappa shape index (κ1) is 22.5. The number of fused-ring (bicyclic) bond motifs is 2. The van der Waals surface area contributed by atoms with Crippen LogP contribution in [-0.2, 0) is 0 Å². The highest BCUT2D eigenvalue weighted by Gasteiger charge is 2.21. The molecule has 188 valence electrons. The molecule has 39 heavy (non-hydrogen) atoms. The number of hydrogen-bond donors (Lipinski definition) is 3. The monoisotopic (exact) mass is 515 g/mol. The molecule has 7 rings (SSSR count). The zero-order chi connectivity index (χ0) is 26.3. The summed E-state index contributed by atoms with van der Waals surface area (Å²) in [5, 5.41) is 10.3. The number of imidazole rings is 1. The summed E-state index contributed by atoms with van der Waals surface area (Å²) in [5.41, 5.74) is 5.44. The fraction of sp³-hybridized carbons (Fsp3) is 0. The van der Waals surface area contributed by atoms with Gasteiger partial charge < -0.3 is 14.7 Å². The minimum Gasteiger partial charge on any atom is -0.472 e. The lowest BCUT2D eigenvalue weighted by atomic mass is 10.0. The first-order valence-corrected chi connectivity index (χ1v) is 12.0. The number of nitrogens with zero attached hydrogens (tertiary/aromatic N) is 4. The van der Waals surface area contributed by atoms with Crippen LogP contribution < -0.4 is 5.32 Å². The second-order valence-electron chi connectivity index (χ2n) is 8.86. The number of hydrogen-bond acceptors (Lipinski definition) is 6. The van der Waals surface area contributed by atoms with Crippen molar-refractivity contribution in [2.24, 2.45) is 0 Å². The van der Waals surface area contributed by atoms with Crippen molar-refractivity contribution in [3.05, 3.63) is 103 Å². The van der Waals surface area contributed by atoms with Crippen LogP contribution >= 0.6 is 0 Å². The van der Waals surface area contributed by atoms with Crippen LogP contribution in [-0.4, -0.2) is 36.0 Å². The van der Waals surface area contributed by atoms with Crippen molar-refractivity contribution in [3.63, 3.8) is 0 Å². The second-order valence-corrected chi connectivity index (χ2v) is 8.86. The number of carbonyl (C=O) groups is 1. The quantitative estimate of drug-likeness (QED) is 0.250. The highest BCUT2D eigenvalue weighted by molar-refractivity contribution is 6.04. The summed E-state index contributed by atoms with van der Waals surface area (Å²) < 4.78 is 21.3. The first-order valence-electron chi connectivity index (χ1n) is 12.0. The predicted octanol–water partition coefficient (Wildman–Crippen LogP) is 6.21. The van der Waals surface area contributed by atoms with Crippen molar-refractivity contribution in [1.29, 1.82) is 0 Å². The van der Waals surface area contributed by atoms with E-state index in [4.69, 9.17) is 9.40 Å². The van der Waals surface area contributed by atoms with Crippen molar-refractivity contribution < 1.29 is 13.6 Å². The Bertz CT molecular complexity index is 1980. The predicted molar refractivity (Wildman–Crippen MR) is 144 cm³/mol. The number of aromatic amines is 2. The molecule has 5 aromatic heterocycles. The number of nitrogens with one attached hydrogen (secondary N) is 3. The maximum Gasteiger partial charge on any atom is 0.255 e. The van der Waals surface area contributed by atoms with E-state index in [9.17, 15) is 4.79 Å². The fourth-order valence-electron chi connectivity index (χ4n) is 4.59. The Morgan fingerprint density at radius 2 is 1.87 bits per heavy atom. The molecule has 7 aromatic rings. The number of halogens is 1. The van der Waals surface area contributed by atoms with Gasteiger partial charge in [0.2, 0.25) is 0 Å². The summed E-state index contributed by atoms with van der Waals surface area (Å²) in [7, 11) is 0. The van der Waals surface area contributed by atoms with Crippen LogP contribution in [0.2, 0.25) is 0 Å². The van der Waals surface area contributed by atoms with E-state index in [0.717, 1.165) is 11.1 Å². The third-order valence-electron chi connectivity index (χ3n) is 6.45. The lowest BCUT2D eigenvalue weighted by Gasteiger charge is -2.09. The van der Waals surface area contributed by atoms with E-state index in [1.807, 2.05) is 18.2 Å². The Morgan fingerprint density at radius 1 is 0.974 bits per heavy atom. The number of carbonyl (C=O) groups excluding carboxylic acids is 1. The van der Waals surface area contributed by atoms with E-state index in [0.29, 0.717) is 50.6 Å². The molecule has 0 saturated carbocycles. The van der Waals surface area contributed by atoms with Gasteiger partial charge in [0.25, 0.3) is 5.91 Å². The molecule has 0 fully saturated rings. The van der Waals surface area contributed by atoms with Crippen molar-refractivity contribution in [2.45, 2.75) is 0 Å². The number of H-pyrrole nitrogens is 2. The maximum atomic E-state index is 16.1. The van der Waals surface area contributed by atoms with Gasteiger partial charge in [-0.05, 0) is 42.5 Å². The molecular weight excluding hydrogens is 497 g/mol. The summed E-state index contributed by atoms with van der Waals surface area (Å²) in [4.78, 5) is 29.1. The van der Waals surface area contributed by atoms with Gasteiger partial charge in [0, 0.05) is 40.2 Å². The molecule has 9 nitrogen and oxygen atoms in total. The number of aromatic nitrogens is 6. The molecule has 1 amide bonds. The number of pyridine rings is 2. The molecule has 0 atom stereocenters. The van der Waals surface area contributed by atoms with Crippen LogP contribution in [0, 0.1) is 5.82 Å². The highest BCUT2D eigenvalue weighted by Crippen LogP contribution is 2.35. The summed E-state index contributed by atoms with van der Waals surface area (Å²) in [6.07, 6.45) is 7.95. The molecule has 0 aliphatic carbocycles. The van der Waals surface area contributed by atoms with Crippen molar-refractivity contribution in [1.82, 2.24) is 30.1 Å². The lowest BCUT2D eigenvalue weighted by molar-refractivity contribution is 0.102. The van der Waals surface area contributed by atoms with Gasteiger partial charge in [0.05, 0.1) is 35.3 Å². The van der Waals surface area contributed by atoms with Crippen LogP contribution in [0.3, 0.4) is 0 Å². The van der Waals surface area contributed by atoms with E-state index >= 15 is 4.39 Å². The molecule has 0 bridgehead atoms. The standard InChI is InChI=1S/C29H18FN7O2/c30-24-20(18-12-19(14-31-13-18)33-29(38)16-4-2-1-3-5-16)6-7-22-23(24)26(37-36-22)28-34-25-21(17-9-11-39-15-17)8-10-32-27(25)35-28/h1-15H,(H,33,38)(H,36,37)(H,32,34,35). The molecular formula is C29H18FN7O2. The summed E-state index contributed by atoms with van der Waals surface area (Å²) in [5.74, 6) is -0.401. The molecule has 0 saturated heterocycles. The summed E-state index contributed by atoms with van der Waals surface area (Å²) in [6.45, 7) is 0. The Kier molecular flexibility index (Phi) is 5.22. The zero-order valence-corrected chi connectivity index (χ0v) is 20.1. The van der Waals surface area contributed by atoms with Crippen LogP contribution in [0.4, 0.5) is 10.1 Å². The van der Waals surface area contributed by atoms with E-state index in [2.05, 4.69) is 30.5 Å². The number of rotatable bonds is 5. The second kappa shape index (κ2) is 9.03. The number of benzene rings is 2. The topological polar surface area (TPSA) is 125 Å². The molecule has 3 N–H and O–H groups in total. The van der Waals surface area contributed by atoms with E-state index < -0.39 is 5.82 Å². The van der Waals surface area contributed by atoms with Crippen LogP contribution in [0.15, 0.2) is 96.2 Å². The van der Waals surface area contributed by atoms with Gasteiger partial charge in [-0.25, -0.2) is 14.4 Å². The van der Waals surface area contributed by atoms with Gasteiger partial charge in [-0.3, -0.25) is 14.9 Å². The van der Waals surface area contributed by atoms with E-state index in [-0.39, 0.29) is 11.3 Å². The molecule has 0 spiro atoms. The van der Waals surface area contributed by atoms with Crippen LogP contribution in [0.1, 0.15) is 10.4 Å². The fourth-order valence-corrected chi connectivity index (χ4v) is 4.59. The molecule has 0 radical (unpaired) electrons. The number of anilines is 1. The van der Waals surface area contributed by atoms with Gasteiger partial charge >= 0.3 is 0 Å². The normalized spacial score (nSPS) is 11.3. The minimum atomic E-state index is -0.493. The average Bonchev–Trinajstić information content (AvgIpc) is 3.73. The van der Waals surface area contributed by atoms with Crippen molar-refractivity contribution >= 4 is 33.7 Å². The van der Waals surface area contributed by atoms with Gasteiger partial charge in [0.15, 0.2) is 11.5 Å². The molecule has 0 unspecified atom stereocenters. The Hall–Kier alpha value is -5.64. The molecule has 5 heterocycles. The summed E-state index contributed by atoms with van der Waals surface area (Å²) in [6, 6.07) is 17.6. The number of amides is 1. The van der Waals surface area contributed by atoms with Crippen LogP contribution in [0.25, 0.3) is 55.8 Å². The van der Waals surface area contributed by atoms with Gasteiger partial charge in [0.1, 0.15) is 17.0 Å². The van der Waals surface area contributed by atoms with Crippen molar-refractivity contribution in [3.8, 4) is 33.8 Å².